The molecule has 1 atom stereocenters. The van der Waals surface area contributed by atoms with Gasteiger partial charge >= 0.3 is 0 Å². The number of piperidine rings is 1. The van der Waals surface area contributed by atoms with E-state index in [9.17, 15) is 9.50 Å². The lowest BCUT2D eigenvalue weighted by atomic mass is 9.85. The molecule has 3 rings (SSSR count). The molecule has 1 saturated heterocycles. The first kappa shape index (κ1) is 20.3. The van der Waals surface area contributed by atoms with Crippen LogP contribution in [0.5, 0.6) is 5.75 Å². The maximum absolute atomic E-state index is 13.9. The number of nitrogens with zero attached hydrogens (tertiary/aromatic N) is 1. The molecular formula is C23H31FNOP. The van der Waals surface area contributed by atoms with E-state index >= 15 is 0 Å². The number of aromatic hydroxyl groups is 1. The molecule has 0 radical (unpaired) electrons. The third-order valence-corrected chi connectivity index (χ3v) is 6.65. The van der Waals surface area contributed by atoms with Crippen molar-refractivity contribution in [3.05, 3.63) is 52.8 Å². The zero-order chi connectivity index (χ0) is 19.6. The van der Waals surface area contributed by atoms with Gasteiger partial charge in [-0.1, -0.05) is 47.9 Å². The van der Waals surface area contributed by atoms with Crippen molar-refractivity contribution in [2.45, 2.75) is 58.9 Å². The minimum absolute atomic E-state index is 0.116. The van der Waals surface area contributed by atoms with Crippen molar-refractivity contribution in [2.75, 3.05) is 13.1 Å². The van der Waals surface area contributed by atoms with E-state index in [2.05, 4.69) is 44.7 Å². The number of aryl methyl sites for hydroxylation is 1. The summed E-state index contributed by atoms with van der Waals surface area (Å²) in [6, 6.07) is 9.25. The SMILES string of the molecule is Cc1cc(Pc2ccc(F)cc2CN2CCCCC2)c(O)c(C(C)(C)C)c1. The second-order valence-corrected chi connectivity index (χ2v) is 10.0. The van der Waals surface area contributed by atoms with Crippen LogP contribution in [0.15, 0.2) is 30.3 Å². The third kappa shape index (κ3) is 5.09. The van der Waals surface area contributed by atoms with Crippen LogP contribution in [0.25, 0.3) is 0 Å². The predicted octanol–water partition coefficient (Wildman–Crippen LogP) is 4.75. The molecule has 1 unspecified atom stereocenters. The van der Waals surface area contributed by atoms with Gasteiger partial charge in [0.25, 0.3) is 0 Å². The number of benzene rings is 2. The van der Waals surface area contributed by atoms with Gasteiger partial charge in [0.15, 0.2) is 0 Å². The fraction of sp³-hybridized carbons (Fsp3) is 0.478. The largest absolute Gasteiger partial charge is 0.507 e. The van der Waals surface area contributed by atoms with E-state index in [0.717, 1.165) is 46.9 Å². The van der Waals surface area contributed by atoms with Crippen LogP contribution in [0.1, 0.15) is 56.7 Å². The second-order valence-electron chi connectivity index (χ2n) is 8.72. The van der Waals surface area contributed by atoms with Crippen molar-refractivity contribution in [3.8, 4) is 5.75 Å². The highest BCUT2D eigenvalue weighted by Crippen LogP contribution is 2.33. The van der Waals surface area contributed by atoms with E-state index < -0.39 is 0 Å². The number of rotatable bonds is 4. The summed E-state index contributed by atoms with van der Waals surface area (Å²) < 4.78 is 13.9. The Balaban J connectivity index is 1.93. The molecule has 146 valence electrons. The molecule has 0 aliphatic carbocycles. The Kier molecular flexibility index (Phi) is 6.23. The van der Waals surface area contributed by atoms with Crippen LogP contribution in [-0.4, -0.2) is 23.1 Å². The molecule has 4 heteroatoms. The number of likely N-dealkylation sites (tertiary alicyclic amines) is 1. The standard InChI is InChI=1S/C23H31FNOP/c1-16-12-19(23(2,3)4)22(26)21(13-16)27-20-9-8-18(24)14-17(20)15-25-10-6-5-7-11-25/h8-9,12-14,26-27H,5-7,10-11,15H2,1-4H3. The second kappa shape index (κ2) is 8.29. The summed E-state index contributed by atoms with van der Waals surface area (Å²) >= 11 is 0. The van der Waals surface area contributed by atoms with Crippen molar-refractivity contribution in [1.82, 2.24) is 4.90 Å². The average Bonchev–Trinajstić information content (AvgIpc) is 2.60. The molecule has 1 heterocycles. The van der Waals surface area contributed by atoms with Gasteiger partial charge in [-0.25, -0.2) is 4.39 Å². The Hall–Kier alpha value is -1.44. The Bertz CT molecular complexity index is 807. The first-order valence-electron chi connectivity index (χ1n) is 9.86. The highest BCUT2D eigenvalue weighted by molar-refractivity contribution is 7.55. The van der Waals surface area contributed by atoms with Crippen molar-refractivity contribution < 1.29 is 9.50 Å². The number of phenolic OH excluding ortho intramolecular Hbond substituents is 1. The fourth-order valence-electron chi connectivity index (χ4n) is 3.76. The summed E-state index contributed by atoms with van der Waals surface area (Å²) in [5.41, 5.74) is 3.06. The molecule has 0 aromatic heterocycles. The predicted molar refractivity (Wildman–Crippen MR) is 115 cm³/mol. The quantitative estimate of drug-likeness (QED) is 0.765. The Morgan fingerprint density at radius 1 is 1.04 bits per heavy atom. The molecule has 2 aromatic rings. The summed E-state index contributed by atoms with van der Waals surface area (Å²) in [4.78, 5) is 2.42. The molecule has 1 N–H and O–H groups in total. The van der Waals surface area contributed by atoms with Gasteiger partial charge in [0.05, 0.1) is 0 Å². The molecule has 1 fully saturated rings. The van der Waals surface area contributed by atoms with E-state index in [-0.39, 0.29) is 11.2 Å². The van der Waals surface area contributed by atoms with Gasteiger partial charge in [0, 0.05) is 17.4 Å². The third-order valence-electron chi connectivity index (χ3n) is 5.24. The lowest BCUT2D eigenvalue weighted by molar-refractivity contribution is 0.221. The van der Waals surface area contributed by atoms with Crippen molar-refractivity contribution >= 4 is 19.2 Å². The highest BCUT2D eigenvalue weighted by atomic mass is 31.1. The summed E-state index contributed by atoms with van der Waals surface area (Å²) in [7, 11) is 0.320. The van der Waals surface area contributed by atoms with Crippen LogP contribution in [0.2, 0.25) is 0 Å². The van der Waals surface area contributed by atoms with Gasteiger partial charge in [0.1, 0.15) is 11.6 Å². The Morgan fingerprint density at radius 2 is 1.74 bits per heavy atom. The average molecular weight is 387 g/mol. The summed E-state index contributed by atoms with van der Waals surface area (Å²) in [6.45, 7) is 11.4. The van der Waals surface area contributed by atoms with Gasteiger partial charge in [-0.15, -0.1) is 0 Å². The molecule has 1 aliphatic heterocycles. The van der Waals surface area contributed by atoms with Gasteiger partial charge in [-0.05, 0) is 72.9 Å². The lowest BCUT2D eigenvalue weighted by Gasteiger charge is -2.27. The number of hydrogen-bond donors (Lipinski definition) is 1. The van der Waals surface area contributed by atoms with Crippen LogP contribution < -0.4 is 10.6 Å². The molecule has 1 aliphatic rings. The minimum atomic E-state index is -0.181. The smallest absolute Gasteiger partial charge is 0.127 e. The lowest BCUT2D eigenvalue weighted by Crippen LogP contribution is -2.31. The molecule has 0 saturated carbocycles. The van der Waals surface area contributed by atoms with Gasteiger partial charge in [-0.2, -0.15) is 0 Å². The summed E-state index contributed by atoms with van der Waals surface area (Å²) in [5.74, 6) is 0.207. The van der Waals surface area contributed by atoms with Crippen LogP contribution in [0.4, 0.5) is 4.39 Å². The molecule has 0 amide bonds. The molecular weight excluding hydrogens is 356 g/mol. The molecule has 2 aromatic carbocycles. The number of phenols is 1. The number of halogens is 1. The molecule has 0 spiro atoms. The zero-order valence-corrected chi connectivity index (χ0v) is 17.9. The van der Waals surface area contributed by atoms with Crippen molar-refractivity contribution in [3.63, 3.8) is 0 Å². The fourth-order valence-corrected chi connectivity index (χ4v) is 5.09. The van der Waals surface area contributed by atoms with Crippen LogP contribution in [-0.2, 0) is 12.0 Å². The van der Waals surface area contributed by atoms with Gasteiger partial charge < -0.3 is 5.11 Å². The first-order valence-corrected chi connectivity index (χ1v) is 10.9. The van der Waals surface area contributed by atoms with Crippen molar-refractivity contribution in [2.24, 2.45) is 0 Å². The van der Waals surface area contributed by atoms with Gasteiger partial charge in [0.2, 0.25) is 0 Å². The van der Waals surface area contributed by atoms with E-state index in [1.54, 1.807) is 12.1 Å². The molecule has 2 nitrogen and oxygen atoms in total. The van der Waals surface area contributed by atoms with Crippen LogP contribution >= 0.6 is 8.58 Å². The maximum Gasteiger partial charge on any atom is 0.127 e. The monoisotopic (exact) mass is 387 g/mol. The topological polar surface area (TPSA) is 23.5 Å². The Morgan fingerprint density at radius 3 is 2.41 bits per heavy atom. The molecule has 27 heavy (non-hydrogen) atoms. The zero-order valence-electron chi connectivity index (χ0n) is 16.9. The number of hydrogen-bond acceptors (Lipinski definition) is 2. The molecule has 0 bridgehead atoms. The van der Waals surface area contributed by atoms with E-state index in [1.807, 2.05) is 6.07 Å². The van der Waals surface area contributed by atoms with Crippen LogP contribution in [0, 0.1) is 12.7 Å². The van der Waals surface area contributed by atoms with Crippen LogP contribution in [0.3, 0.4) is 0 Å². The highest BCUT2D eigenvalue weighted by Gasteiger charge is 2.22. The van der Waals surface area contributed by atoms with Crippen molar-refractivity contribution in [1.29, 1.82) is 0 Å². The van der Waals surface area contributed by atoms with E-state index in [1.165, 1.54) is 19.3 Å². The Labute approximate surface area is 164 Å². The maximum atomic E-state index is 13.9. The van der Waals surface area contributed by atoms with E-state index in [0.29, 0.717) is 14.3 Å². The summed E-state index contributed by atoms with van der Waals surface area (Å²) in [5, 5.41) is 13.0. The van der Waals surface area contributed by atoms with E-state index in [4.69, 9.17) is 0 Å². The minimum Gasteiger partial charge on any atom is -0.507 e. The van der Waals surface area contributed by atoms with Gasteiger partial charge in [-0.3, -0.25) is 4.90 Å². The summed E-state index contributed by atoms with van der Waals surface area (Å²) in [6.07, 6.45) is 3.74. The normalized spacial score (nSPS) is 16.3. The first-order chi connectivity index (χ1) is 12.7.